The van der Waals surface area contributed by atoms with E-state index in [0.29, 0.717) is 23.5 Å². The average molecular weight is 296 g/mol. The number of unbranched alkanes of at least 4 members (excludes halogenated alkanes) is 1. The van der Waals surface area contributed by atoms with Gasteiger partial charge in [0.05, 0.1) is 18.6 Å². The van der Waals surface area contributed by atoms with Gasteiger partial charge in [-0.25, -0.2) is 0 Å². The van der Waals surface area contributed by atoms with Crippen LogP contribution in [0.3, 0.4) is 0 Å². The molecule has 0 aromatic heterocycles. The zero-order valence-electron chi connectivity index (χ0n) is 12.7. The summed E-state index contributed by atoms with van der Waals surface area (Å²) in [6.45, 7) is 2.66. The molecule has 0 saturated carbocycles. The van der Waals surface area contributed by atoms with Crippen molar-refractivity contribution in [3.05, 3.63) is 65.7 Å². The third kappa shape index (κ3) is 4.29. The number of para-hydroxylation sites is 1. The first-order chi connectivity index (χ1) is 10.7. The fourth-order valence-electron chi connectivity index (χ4n) is 2.12. The van der Waals surface area contributed by atoms with E-state index in [1.54, 1.807) is 42.5 Å². The molecule has 114 valence electrons. The van der Waals surface area contributed by atoms with Gasteiger partial charge in [0, 0.05) is 5.56 Å². The molecule has 0 fully saturated rings. The lowest BCUT2D eigenvalue weighted by Gasteiger charge is -2.10. The van der Waals surface area contributed by atoms with Crippen molar-refractivity contribution in [2.75, 3.05) is 6.61 Å². The van der Waals surface area contributed by atoms with Gasteiger partial charge in [-0.15, -0.1) is 0 Å². The number of hydrogen-bond acceptors (Lipinski definition) is 3. The lowest BCUT2D eigenvalue weighted by atomic mass is 10.0. The number of carbonyl (C=O) groups is 2. The fourth-order valence-corrected chi connectivity index (χ4v) is 2.12. The summed E-state index contributed by atoms with van der Waals surface area (Å²) in [6.07, 6.45) is 1.83. The lowest BCUT2D eigenvalue weighted by molar-refractivity contribution is 0.0892. The number of ketones is 2. The first kappa shape index (κ1) is 16.0. The summed E-state index contributed by atoms with van der Waals surface area (Å²) in [4.78, 5) is 24.5. The maximum absolute atomic E-state index is 12.4. The number of ether oxygens (including phenoxy) is 1. The van der Waals surface area contributed by atoms with E-state index in [-0.39, 0.29) is 18.0 Å². The third-order valence-electron chi connectivity index (χ3n) is 3.36. The minimum Gasteiger partial charge on any atom is -0.493 e. The number of hydrogen-bond donors (Lipinski definition) is 0. The molecule has 0 N–H and O–H groups in total. The molecule has 0 aliphatic heterocycles. The van der Waals surface area contributed by atoms with Crippen LogP contribution in [0.1, 0.15) is 46.9 Å². The Bertz CT molecular complexity index is 632. The molecule has 0 bridgehead atoms. The molecule has 3 heteroatoms. The van der Waals surface area contributed by atoms with Crippen LogP contribution in [-0.4, -0.2) is 18.2 Å². The van der Waals surface area contributed by atoms with E-state index < -0.39 is 0 Å². The molecule has 0 unspecified atom stereocenters. The van der Waals surface area contributed by atoms with Crippen molar-refractivity contribution in [1.29, 1.82) is 0 Å². The van der Waals surface area contributed by atoms with Gasteiger partial charge in [-0.1, -0.05) is 55.8 Å². The number of benzene rings is 2. The number of Topliss-reactive ketones (excluding diaryl/α,β-unsaturated/α-hetero) is 2. The predicted molar refractivity (Wildman–Crippen MR) is 86.6 cm³/mol. The van der Waals surface area contributed by atoms with Gasteiger partial charge in [-0.2, -0.15) is 0 Å². The zero-order chi connectivity index (χ0) is 15.8. The third-order valence-corrected chi connectivity index (χ3v) is 3.36. The Morgan fingerprint density at radius 3 is 2.32 bits per heavy atom. The highest BCUT2D eigenvalue weighted by atomic mass is 16.5. The summed E-state index contributed by atoms with van der Waals surface area (Å²) in [5.41, 5.74) is 1.03. The van der Waals surface area contributed by atoms with Crippen molar-refractivity contribution in [3.63, 3.8) is 0 Å². The topological polar surface area (TPSA) is 43.4 Å². The highest BCUT2D eigenvalue weighted by Gasteiger charge is 2.17. The van der Waals surface area contributed by atoms with Crippen LogP contribution in [0.15, 0.2) is 54.6 Å². The lowest BCUT2D eigenvalue weighted by Crippen LogP contribution is -2.10. The Labute approximate surface area is 130 Å². The molecule has 2 aromatic carbocycles. The van der Waals surface area contributed by atoms with Crippen LogP contribution in [0.25, 0.3) is 0 Å². The molecule has 0 heterocycles. The van der Waals surface area contributed by atoms with Gasteiger partial charge in [-0.05, 0) is 18.6 Å². The summed E-state index contributed by atoms with van der Waals surface area (Å²) in [6, 6.07) is 16.0. The molecule has 3 nitrogen and oxygen atoms in total. The Morgan fingerprint density at radius 1 is 0.909 bits per heavy atom. The van der Waals surface area contributed by atoms with E-state index in [9.17, 15) is 9.59 Å². The van der Waals surface area contributed by atoms with Crippen molar-refractivity contribution in [2.45, 2.75) is 26.2 Å². The molecular weight excluding hydrogens is 276 g/mol. The smallest absolute Gasteiger partial charge is 0.174 e. The van der Waals surface area contributed by atoms with E-state index in [4.69, 9.17) is 4.74 Å². The van der Waals surface area contributed by atoms with Crippen LogP contribution in [0.2, 0.25) is 0 Å². The van der Waals surface area contributed by atoms with E-state index in [2.05, 4.69) is 6.92 Å². The maximum Gasteiger partial charge on any atom is 0.174 e. The first-order valence-electron chi connectivity index (χ1n) is 7.55. The van der Waals surface area contributed by atoms with Crippen LogP contribution >= 0.6 is 0 Å². The summed E-state index contributed by atoms with van der Waals surface area (Å²) >= 11 is 0. The van der Waals surface area contributed by atoms with Crippen molar-refractivity contribution in [3.8, 4) is 5.75 Å². The molecule has 0 aliphatic rings. The molecule has 0 atom stereocenters. The predicted octanol–water partition coefficient (Wildman–Crippen LogP) is 4.32. The molecule has 0 saturated heterocycles. The molecule has 0 radical (unpaired) electrons. The quantitative estimate of drug-likeness (QED) is 0.414. The molecular formula is C19H20O3. The van der Waals surface area contributed by atoms with Gasteiger partial charge in [-0.3, -0.25) is 9.59 Å². The van der Waals surface area contributed by atoms with E-state index in [1.165, 1.54) is 0 Å². The van der Waals surface area contributed by atoms with Crippen LogP contribution in [0.5, 0.6) is 5.75 Å². The SMILES string of the molecule is CCCCOc1ccccc1C(=O)CC(=O)c1ccccc1. The summed E-state index contributed by atoms with van der Waals surface area (Å²) in [5, 5.41) is 0. The first-order valence-corrected chi connectivity index (χ1v) is 7.55. The standard InChI is InChI=1S/C19H20O3/c1-2-3-13-22-19-12-8-7-11-16(19)18(21)14-17(20)15-9-5-4-6-10-15/h4-12H,2-3,13-14H2,1H3. The van der Waals surface area contributed by atoms with Gasteiger partial charge < -0.3 is 4.74 Å². The van der Waals surface area contributed by atoms with Gasteiger partial charge in [0.1, 0.15) is 5.75 Å². The van der Waals surface area contributed by atoms with Gasteiger partial charge in [0.25, 0.3) is 0 Å². The van der Waals surface area contributed by atoms with Crippen LogP contribution in [0, 0.1) is 0 Å². The van der Waals surface area contributed by atoms with E-state index >= 15 is 0 Å². The normalized spacial score (nSPS) is 10.2. The van der Waals surface area contributed by atoms with Gasteiger partial charge >= 0.3 is 0 Å². The van der Waals surface area contributed by atoms with Crippen LogP contribution in [-0.2, 0) is 0 Å². The Hall–Kier alpha value is -2.42. The van der Waals surface area contributed by atoms with Crippen molar-refractivity contribution >= 4 is 11.6 Å². The molecule has 0 spiro atoms. The largest absolute Gasteiger partial charge is 0.493 e. The molecule has 2 aromatic rings. The van der Waals surface area contributed by atoms with Crippen LogP contribution in [0.4, 0.5) is 0 Å². The van der Waals surface area contributed by atoms with E-state index in [0.717, 1.165) is 12.8 Å². The molecule has 2 rings (SSSR count). The van der Waals surface area contributed by atoms with Crippen LogP contribution < -0.4 is 4.74 Å². The van der Waals surface area contributed by atoms with Crippen molar-refractivity contribution < 1.29 is 14.3 Å². The molecule has 0 amide bonds. The van der Waals surface area contributed by atoms with Gasteiger partial charge in [0.2, 0.25) is 0 Å². The summed E-state index contributed by atoms with van der Waals surface area (Å²) < 4.78 is 5.65. The minimum atomic E-state index is -0.207. The van der Waals surface area contributed by atoms with Crippen molar-refractivity contribution in [2.24, 2.45) is 0 Å². The second-order valence-electron chi connectivity index (χ2n) is 5.09. The number of rotatable bonds is 8. The highest BCUT2D eigenvalue weighted by molar-refractivity contribution is 6.14. The Balaban J connectivity index is 2.08. The second-order valence-corrected chi connectivity index (χ2v) is 5.09. The Morgan fingerprint density at radius 2 is 1.59 bits per heavy atom. The minimum absolute atomic E-state index is 0.141. The monoisotopic (exact) mass is 296 g/mol. The average Bonchev–Trinajstić information content (AvgIpc) is 2.56. The summed E-state index contributed by atoms with van der Waals surface area (Å²) in [5.74, 6) is 0.178. The zero-order valence-corrected chi connectivity index (χ0v) is 12.7. The Kier molecular flexibility index (Phi) is 5.90. The number of carbonyl (C=O) groups excluding carboxylic acids is 2. The molecule has 22 heavy (non-hydrogen) atoms. The summed E-state index contributed by atoms with van der Waals surface area (Å²) in [7, 11) is 0. The highest BCUT2D eigenvalue weighted by Crippen LogP contribution is 2.21. The maximum atomic E-state index is 12.4. The molecule has 0 aliphatic carbocycles. The second kappa shape index (κ2) is 8.13. The van der Waals surface area contributed by atoms with E-state index in [1.807, 2.05) is 12.1 Å². The van der Waals surface area contributed by atoms with Crippen molar-refractivity contribution in [1.82, 2.24) is 0 Å². The van der Waals surface area contributed by atoms with Gasteiger partial charge in [0.15, 0.2) is 11.6 Å². The fraction of sp³-hybridized carbons (Fsp3) is 0.263.